The molecule has 4 heteroatoms. The van der Waals surface area contributed by atoms with Crippen LogP contribution in [0.25, 0.3) is 0 Å². The largest absolute Gasteiger partial charge is 0.354 e. The maximum Gasteiger partial charge on any atom is 0.242 e. The zero-order valence-corrected chi connectivity index (χ0v) is 17.1. The van der Waals surface area contributed by atoms with Crippen LogP contribution in [0.1, 0.15) is 83.3 Å². The van der Waals surface area contributed by atoms with E-state index in [1.54, 1.807) is 0 Å². The summed E-state index contributed by atoms with van der Waals surface area (Å²) in [6, 6.07) is 8.21. The molecule has 0 radical (unpaired) electrons. The van der Waals surface area contributed by atoms with Gasteiger partial charge in [0.25, 0.3) is 0 Å². The number of rotatable bonds is 3. The molecule has 1 saturated carbocycles. The van der Waals surface area contributed by atoms with Crippen LogP contribution < -0.4 is 10.6 Å². The van der Waals surface area contributed by atoms with Crippen LogP contribution in [-0.4, -0.2) is 24.4 Å². The Balaban J connectivity index is 1.85. The number of amides is 2. The third kappa shape index (κ3) is 4.36. The van der Waals surface area contributed by atoms with Gasteiger partial charge in [-0.3, -0.25) is 9.59 Å². The van der Waals surface area contributed by atoms with Crippen LogP contribution in [0.4, 0.5) is 0 Å². The van der Waals surface area contributed by atoms with Crippen LogP contribution in [0.5, 0.6) is 0 Å². The number of benzene rings is 1. The lowest BCUT2D eigenvalue weighted by Gasteiger charge is -2.37. The van der Waals surface area contributed by atoms with Crippen molar-refractivity contribution in [2.75, 3.05) is 6.54 Å². The summed E-state index contributed by atoms with van der Waals surface area (Å²) in [6.45, 7) is 7.33. The predicted octanol–water partition coefficient (Wildman–Crippen LogP) is 3.97. The Morgan fingerprint density at radius 3 is 2.33 bits per heavy atom. The summed E-state index contributed by atoms with van der Waals surface area (Å²) in [6.07, 6.45) is 7.71. The second-order valence-electron chi connectivity index (χ2n) is 9.28. The summed E-state index contributed by atoms with van der Waals surface area (Å²) in [5.41, 5.74) is 1.97. The fraction of sp³-hybridized carbons (Fsp3) is 0.652. The third-order valence-electron chi connectivity index (χ3n) is 6.29. The molecule has 148 valence electrons. The molecular weight excluding hydrogens is 336 g/mol. The van der Waals surface area contributed by atoms with Crippen LogP contribution in [0, 0.1) is 0 Å². The van der Waals surface area contributed by atoms with Crippen molar-refractivity contribution in [2.24, 2.45) is 0 Å². The van der Waals surface area contributed by atoms with Gasteiger partial charge in [-0.2, -0.15) is 0 Å². The minimum atomic E-state index is -0.499. The van der Waals surface area contributed by atoms with Gasteiger partial charge in [-0.25, -0.2) is 0 Å². The van der Waals surface area contributed by atoms with Gasteiger partial charge in [0.05, 0.1) is 5.41 Å². The number of carbonyl (C=O) groups excluding carboxylic acids is 2. The van der Waals surface area contributed by atoms with Gasteiger partial charge in [-0.05, 0) is 48.6 Å². The molecule has 2 N–H and O–H groups in total. The molecule has 1 aromatic carbocycles. The quantitative estimate of drug-likeness (QED) is 0.846. The smallest absolute Gasteiger partial charge is 0.242 e. The van der Waals surface area contributed by atoms with E-state index in [1.807, 2.05) is 0 Å². The third-order valence-corrected chi connectivity index (χ3v) is 6.29. The zero-order chi connectivity index (χ0) is 19.5. The molecule has 1 heterocycles. The first-order chi connectivity index (χ1) is 12.8. The van der Waals surface area contributed by atoms with Crippen molar-refractivity contribution >= 4 is 11.8 Å². The van der Waals surface area contributed by atoms with Crippen molar-refractivity contribution in [3.8, 4) is 0 Å². The molecule has 0 spiro atoms. The Morgan fingerprint density at radius 2 is 1.70 bits per heavy atom. The van der Waals surface area contributed by atoms with Crippen molar-refractivity contribution in [1.29, 1.82) is 0 Å². The van der Waals surface area contributed by atoms with Gasteiger partial charge >= 0.3 is 0 Å². The molecule has 2 aliphatic rings. The fourth-order valence-electron chi connectivity index (χ4n) is 4.46. The minimum absolute atomic E-state index is 0.0325. The Morgan fingerprint density at radius 1 is 1.04 bits per heavy atom. The highest BCUT2D eigenvalue weighted by atomic mass is 16.2. The lowest BCUT2D eigenvalue weighted by molar-refractivity contribution is -0.133. The summed E-state index contributed by atoms with van der Waals surface area (Å²) < 4.78 is 0. The molecule has 2 fully saturated rings. The van der Waals surface area contributed by atoms with E-state index >= 15 is 0 Å². The monoisotopic (exact) mass is 370 g/mol. The lowest BCUT2D eigenvalue weighted by Crippen LogP contribution is -2.53. The van der Waals surface area contributed by atoms with Crippen molar-refractivity contribution in [3.63, 3.8) is 0 Å². The van der Waals surface area contributed by atoms with E-state index < -0.39 is 11.5 Å². The molecule has 0 bridgehead atoms. The second kappa shape index (κ2) is 8.04. The number of hydrogen-bond donors (Lipinski definition) is 2. The highest BCUT2D eigenvalue weighted by Gasteiger charge is 2.42. The van der Waals surface area contributed by atoms with E-state index in [0.29, 0.717) is 6.54 Å². The SMILES string of the molecule is CC(C)(C)c1ccc(C2(C(=O)NC3CCCCNC3=O)CCCCC2)cc1. The topological polar surface area (TPSA) is 58.2 Å². The number of carbonyl (C=O) groups is 2. The van der Waals surface area contributed by atoms with Crippen molar-refractivity contribution < 1.29 is 9.59 Å². The maximum absolute atomic E-state index is 13.4. The molecule has 27 heavy (non-hydrogen) atoms. The molecule has 1 saturated heterocycles. The molecule has 1 aliphatic heterocycles. The van der Waals surface area contributed by atoms with Crippen LogP contribution in [-0.2, 0) is 20.4 Å². The highest BCUT2D eigenvalue weighted by molar-refractivity contribution is 5.93. The molecule has 3 rings (SSSR count). The highest BCUT2D eigenvalue weighted by Crippen LogP contribution is 2.40. The lowest BCUT2D eigenvalue weighted by atomic mass is 9.68. The second-order valence-corrected chi connectivity index (χ2v) is 9.28. The van der Waals surface area contributed by atoms with Gasteiger partial charge in [0.2, 0.25) is 11.8 Å². The van der Waals surface area contributed by atoms with E-state index in [4.69, 9.17) is 0 Å². The standard InChI is InChI=1S/C23H34N2O2/c1-22(2,3)17-10-12-18(13-11-17)23(14-6-4-7-15-23)21(27)25-19-9-5-8-16-24-20(19)26/h10-13,19H,4-9,14-16H2,1-3H3,(H,24,26)(H,25,27). The minimum Gasteiger partial charge on any atom is -0.354 e. The molecule has 1 atom stereocenters. The van der Waals surface area contributed by atoms with Gasteiger partial charge in [-0.15, -0.1) is 0 Å². The molecule has 0 aromatic heterocycles. The summed E-state index contributed by atoms with van der Waals surface area (Å²) in [5, 5.41) is 6.04. The van der Waals surface area contributed by atoms with E-state index in [2.05, 4.69) is 55.7 Å². The average molecular weight is 371 g/mol. The van der Waals surface area contributed by atoms with Crippen LogP contribution in [0.15, 0.2) is 24.3 Å². The maximum atomic E-state index is 13.4. The zero-order valence-electron chi connectivity index (χ0n) is 17.1. The average Bonchev–Trinajstić information content (AvgIpc) is 2.86. The van der Waals surface area contributed by atoms with Gasteiger partial charge in [-0.1, -0.05) is 64.3 Å². The Bertz CT molecular complexity index is 667. The van der Waals surface area contributed by atoms with Crippen molar-refractivity contribution in [2.45, 2.75) is 89.0 Å². The van der Waals surface area contributed by atoms with Crippen molar-refractivity contribution in [3.05, 3.63) is 35.4 Å². The first-order valence-electron chi connectivity index (χ1n) is 10.5. The predicted molar refractivity (Wildman–Crippen MR) is 109 cm³/mol. The molecular formula is C23H34N2O2. The molecule has 1 aliphatic carbocycles. The van der Waals surface area contributed by atoms with Crippen LogP contribution in [0.2, 0.25) is 0 Å². The van der Waals surface area contributed by atoms with E-state index in [0.717, 1.165) is 50.5 Å². The van der Waals surface area contributed by atoms with E-state index in [9.17, 15) is 9.59 Å². The summed E-state index contributed by atoms with van der Waals surface area (Å²) in [5.74, 6) is 0.00245. The molecule has 1 unspecified atom stereocenters. The molecule has 4 nitrogen and oxygen atoms in total. The Hall–Kier alpha value is -1.84. The Kier molecular flexibility index (Phi) is 5.92. The fourth-order valence-corrected chi connectivity index (χ4v) is 4.46. The Labute approximate surface area is 163 Å². The summed E-state index contributed by atoms with van der Waals surface area (Å²) >= 11 is 0. The number of hydrogen-bond acceptors (Lipinski definition) is 2. The van der Waals surface area contributed by atoms with E-state index in [-0.39, 0.29) is 17.2 Å². The molecule has 1 aromatic rings. The summed E-state index contributed by atoms with van der Waals surface area (Å²) in [7, 11) is 0. The first-order valence-corrected chi connectivity index (χ1v) is 10.5. The van der Waals surface area contributed by atoms with Gasteiger partial charge < -0.3 is 10.6 Å². The normalized spacial score (nSPS) is 23.2. The van der Waals surface area contributed by atoms with Gasteiger partial charge in [0.15, 0.2) is 0 Å². The van der Waals surface area contributed by atoms with Crippen LogP contribution >= 0.6 is 0 Å². The van der Waals surface area contributed by atoms with Gasteiger partial charge in [0, 0.05) is 6.54 Å². The van der Waals surface area contributed by atoms with Crippen LogP contribution in [0.3, 0.4) is 0 Å². The summed E-state index contributed by atoms with van der Waals surface area (Å²) in [4.78, 5) is 25.7. The van der Waals surface area contributed by atoms with Gasteiger partial charge in [0.1, 0.15) is 6.04 Å². The van der Waals surface area contributed by atoms with Crippen molar-refractivity contribution in [1.82, 2.24) is 10.6 Å². The first kappa shape index (κ1) is 19.9. The van der Waals surface area contributed by atoms with E-state index in [1.165, 1.54) is 12.0 Å². The number of nitrogens with one attached hydrogen (secondary N) is 2. The molecule has 2 amide bonds.